The molecule has 0 spiro atoms. The van der Waals surface area contributed by atoms with Crippen LogP contribution < -0.4 is 0 Å². The lowest BCUT2D eigenvalue weighted by Gasteiger charge is -2.11. The van der Waals surface area contributed by atoms with Crippen LogP contribution in [0.2, 0.25) is 0 Å². The van der Waals surface area contributed by atoms with Crippen LogP contribution in [0.4, 0.5) is 0 Å². The van der Waals surface area contributed by atoms with Gasteiger partial charge in [-0.25, -0.2) is 4.79 Å². The molecule has 0 saturated carbocycles. The highest BCUT2D eigenvalue weighted by Crippen LogP contribution is 2.17. The van der Waals surface area contributed by atoms with E-state index in [1.807, 2.05) is 13.0 Å². The Bertz CT molecular complexity index is 513. The number of hydrogen-bond acceptors (Lipinski definition) is 5. The first-order chi connectivity index (χ1) is 13.6. The predicted molar refractivity (Wildman–Crippen MR) is 114 cm³/mol. The zero-order valence-electron chi connectivity index (χ0n) is 18.1. The molecule has 1 heterocycles. The molecule has 5 heteroatoms. The third-order valence-electron chi connectivity index (χ3n) is 5.06. The van der Waals surface area contributed by atoms with Crippen molar-refractivity contribution in [3.05, 3.63) is 11.8 Å². The van der Waals surface area contributed by atoms with E-state index in [9.17, 15) is 9.59 Å². The van der Waals surface area contributed by atoms with Crippen molar-refractivity contribution in [2.24, 2.45) is 4.99 Å². The van der Waals surface area contributed by atoms with E-state index in [-0.39, 0.29) is 17.8 Å². The molecule has 0 bridgehead atoms. The molecule has 0 N–H and O–H groups in total. The van der Waals surface area contributed by atoms with Gasteiger partial charge in [-0.05, 0) is 19.4 Å². The monoisotopic (exact) mass is 393 g/mol. The number of aliphatic imine (C=N–C) groups is 1. The molecule has 0 fully saturated rings. The van der Waals surface area contributed by atoms with Gasteiger partial charge in [-0.1, -0.05) is 71.6 Å². The molecule has 0 aromatic heterocycles. The van der Waals surface area contributed by atoms with E-state index in [1.54, 1.807) is 6.92 Å². The van der Waals surface area contributed by atoms with Gasteiger partial charge < -0.3 is 9.47 Å². The molecule has 0 aliphatic carbocycles. The number of esters is 1. The average Bonchev–Trinajstić information content (AvgIpc) is 3.18. The molecule has 1 rings (SSSR count). The summed E-state index contributed by atoms with van der Waals surface area (Å²) in [7, 11) is 0. The molecule has 28 heavy (non-hydrogen) atoms. The van der Waals surface area contributed by atoms with Crippen molar-refractivity contribution in [1.29, 1.82) is 0 Å². The number of allylic oxidation sites excluding steroid dienone is 1. The van der Waals surface area contributed by atoms with Crippen molar-refractivity contribution in [1.82, 2.24) is 0 Å². The van der Waals surface area contributed by atoms with Crippen molar-refractivity contribution < 1.29 is 19.1 Å². The molecule has 0 aromatic carbocycles. The largest absolute Gasteiger partial charge is 0.477 e. The summed E-state index contributed by atoms with van der Waals surface area (Å²) in [5.41, 5.74) is 0. The van der Waals surface area contributed by atoms with Crippen molar-refractivity contribution in [2.45, 2.75) is 110 Å². The normalized spacial score (nSPS) is 17.4. The van der Waals surface area contributed by atoms with Gasteiger partial charge in [-0.3, -0.25) is 9.79 Å². The van der Waals surface area contributed by atoms with Gasteiger partial charge in [0.25, 0.3) is 0 Å². The number of ketones is 1. The number of Topliss-reactive ketones (excluding diaryl/α,β-unsaturated/α-hetero) is 1. The molecule has 160 valence electrons. The van der Waals surface area contributed by atoms with E-state index >= 15 is 0 Å². The van der Waals surface area contributed by atoms with E-state index in [2.05, 4.69) is 11.9 Å². The Labute approximate surface area is 171 Å². The van der Waals surface area contributed by atoms with Crippen molar-refractivity contribution >= 4 is 18.0 Å². The Hall–Kier alpha value is -1.65. The Morgan fingerprint density at radius 1 is 1.11 bits per heavy atom. The summed E-state index contributed by atoms with van der Waals surface area (Å²) >= 11 is 0. The van der Waals surface area contributed by atoms with Gasteiger partial charge in [-0.2, -0.15) is 0 Å². The molecule has 0 aromatic rings. The van der Waals surface area contributed by atoms with Crippen LogP contribution in [0.1, 0.15) is 97.8 Å². The van der Waals surface area contributed by atoms with Crippen LogP contribution in [0.3, 0.4) is 0 Å². The summed E-state index contributed by atoms with van der Waals surface area (Å²) in [5.74, 6) is 0.312. The van der Waals surface area contributed by atoms with Crippen LogP contribution in [0, 0.1) is 0 Å². The first-order valence-electron chi connectivity index (χ1n) is 11.2. The van der Waals surface area contributed by atoms with Gasteiger partial charge in [0.05, 0.1) is 12.8 Å². The van der Waals surface area contributed by atoms with Gasteiger partial charge in [0.1, 0.15) is 11.8 Å². The third-order valence-corrected chi connectivity index (χ3v) is 5.06. The molecule has 1 aliphatic rings. The maximum atomic E-state index is 12.1. The molecular weight excluding hydrogens is 354 g/mol. The smallest absolute Gasteiger partial charge is 0.347 e. The summed E-state index contributed by atoms with van der Waals surface area (Å²) < 4.78 is 10.9. The third kappa shape index (κ3) is 10.6. The zero-order valence-corrected chi connectivity index (χ0v) is 18.1. The highest BCUT2D eigenvalue weighted by atomic mass is 16.6. The number of hydrogen-bond donors (Lipinski definition) is 0. The number of carbonyl (C=O) groups excluding carboxylic acids is 2. The van der Waals surface area contributed by atoms with Gasteiger partial charge in [0.15, 0.2) is 11.9 Å². The fourth-order valence-electron chi connectivity index (χ4n) is 3.13. The number of ether oxygens (including phenoxy) is 2. The van der Waals surface area contributed by atoms with Crippen LogP contribution >= 0.6 is 0 Å². The number of rotatable bonds is 16. The maximum Gasteiger partial charge on any atom is 0.347 e. The summed E-state index contributed by atoms with van der Waals surface area (Å²) in [6.45, 7) is 6.28. The molecule has 2 atom stereocenters. The minimum Gasteiger partial charge on any atom is -0.477 e. The molecule has 0 radical (unpaired) electrons. The number of nitrogens with zero attached hydrogens (tertiary/aromatic N) is 1. The minimum atomic E-state index is -0.582. The molecule has 2 unspecified atom stereocenters. The van der Waals surface area contributed by atoms with Crippen LogP contribution in [-0.4, -0.2) is 36.7 Å². The van der Waals surface area contributed by atoms with Crippen molar-refractivity contribution in [2.75, 3.05) is 6.61 Å². The van der Waals surface area contributed by atoms with E-state index in [1.165, 1.54) is 57.6 Å². The standard InChI is InChI=1S/C23H39NO4/c1-4-6-7-8-9-10-11-12-13-14-17-27-23(26)22-16-15-20(28-22)18-24-19(3)21(25)5-2/h15,18-19,22H,4-14,16-17H2,1-3H3. The second-order valence-corrected chi connectivity index (χ2v) is 7.57. The Morgan fingerprint density at radius 2 is 1.71 bits per heavy atom. The lowest BCUT2D eigenvalue weighted by atomic mass is 10.1. The fraction of sp³-hybridized carbons (Fsp3) is 0.783. The van der Waals surface area contributed by atoms with Crippen molar-refractivity contribution in [3.8, 4) is 0 Å². The van der Waals surface area contributed by atoms with Gasteiger partial charge in [0.2, 0.25) is 0 Å². The average molecular weight is 394 g/mol. The first-order valence-corrected chi connectivity index (χ1v) is 11.2. The van der Waals surface area contributed by atoms with Gasteiger partial charge in [0, 0.05) is 12.8 Å². The molecular formula is C23H39NO4. The number of carbonyl (C=O) groups is 2. The zero-order chi connectivity index (χ0) is 20.6. The second kappa shape index (κ2) is 15.3. The molecule has 0 saturated heterocycles. The predicted octanol–water partition coefficient (Wildman–Crippen LogP) is 5.56. The lowest BCUT2D eigenvalue weighted by Crippen LogP contribution is -2.23. The molecule has 5 nitrogen and oxygen atoms in total. The van der Waals surface area contributed by atoms with Gasteiger partial charge in [-0.15, -0.1) is 0 Å². The second-order valence-electron chi connectivity index (χ2n) is 7.57. The van der Waals surface area contributed by atoms with Crippen molar-refractivity contribution in [3.63, 3.8) is 0 Å². The van der Waals surface area contributed by atoms with E-state index in [0.717, 1.165) is 12.8 Å². The van der Waals surface area contributed by atoms with E-state index in [4.69, 9.17) is 9.47 Å². The lowest BCUT2D eigenvalue weighted by molar-refractivity contribution is -0.153. The Kier molecular flexibility index (Phi) is 13.3. The highest BCUT2D eigenvalue weighted by molar-refractivity contribution is 5.87. The topological polar surface area (TPSA) is 65.0 Å². The summed E-state index contributed by atoms with van der Waals surface area (Å²) in [6, 6.07) is -0.378. The summed E-state index contributed by atoms with van der Waals surface area (Å²) in [5, 5.41) is 0. The van der Waals surface area contributed by atoms with E-state index in [0.29, 0.717) is 25.2 Å². The van der Waals surface area contributed by atoms with E-state index < -0.39 is 6.10 Å². The van der Waals surface area contributed by atoms with Crippen LogP contribution in [0.5, 0.6) is 0 Å². The maximum absolute atomic E-state index is 12.1. The Morgan fingerprint density at radius 3 is 2.32 bits per heavy atom. The molecule has 0 amide bonds. The summed E-state index contributed by atoms with van der Waals surface area (Å²) in [6.07, 6.45) is 16.3. The quantitative estimate of drug-likeness (QED) is 0.196. The van der Waals surface area contributed by atoms with Gasteiger partial charge >= 0.3 is 5.97 Å². The van der Waals surface area contributed by atoms with Crippen LogP contribution in [-0.2, 0) is 19.1 Å². The van der Waals surface area contributed by atoms with Crippen LogP contribution in [0.15, 0.2) is 16.8 Å². The van der Waals surface area contributed by atoms with Crippen LogP contribution in [0.25, 0.3) is 0 Å². The Balaban J connectivity index is 2.04. The SMILES string of the molecule is CCCCCCCCCCCCOC(=O)C1CC=C(C=NC(C)C(=O)CC)O1. The summed E-state index contributed by atoms with van der Waals surface area (Å²) in [4.78, 5) is 27.8. The first kappa shape index (κ1) is 24.4. The minimum absolute atomic E-state index is 0.0855. The molecule has 1 aliphatic heterocycles. The number of unbranched alkanes of at least 4 members (excludes halogenated alkanes) is 9. The fourth-order valence-corrected chi connectivity index (χ4v) is 3.13. The highest BCUT2D eigenvalue weighted by Gasteiger charge is 2.26.